The fourth-order valence-electron chi connectivity index (χ4n) is 5.06. The number of nitrogens with one attached hydrogen (secondary N) is 2. The van der Waals surface area contributed by atoms with Crippen LogP contribution in [0.2, 0.25) is 0 Å². The predicted molar refractivity (Wildman–Crippen MR) is 146 cm³/mol. The molecule has 1 amide bonds. The van der Waals surface area contributed by atoms with Gasteiger partial charge in [-0.25, -0.2) is 36.5 Å². The van der Waals surface area contributed by atoms with Gasteiger partial charge in [-0.2, -0.15) is 0 Å². The molecule has 0 aliphatic heterocycles. The Morgan fingerprint density at radius 1 is 1.26 bits per heavy atom. The summed E-state index contributed by atoms with van der Waals surface area (Å²) < 4.78 is 47.2. The van der Waals surface area contributed by atoms with Crippen molar-refractivity contribution in [2.75, 3.05) is 12.4 Å². The third kappa shape index (κ3) is 5.10. The molecule has 2 aliphatic rings. The third-order valence-corrected chi connectivity index (χ3v) is 9.68. The monoisotopic (exact) mass is 574 g/mol. The lowest BCUT2D eigenvalue weighted by Crippen LogP contribution is -2.48. The van der Waals surface area contributed by atoms with Gasteiger partial charge in [0, 0.05) is 34.4 Å². The number of hydrogen-bond acceptors (Lipinski definition) is 8. The molecule has 206 valence electrons. The fraction of sp³-hybridized carbons (Fsp3) is 0.385. The molecule has 5 rings (SSSR count). The van der Waals surface area contributed by atoms with E-state index in [1.807, 2.05) is 0 Å². The second kappa shape index (κ2) is 10.6. The average molecular weight is 575 g/mol. The van der Waals surface area contributed by atoms with Crippen LogP contribution in [0.5, 0.6) is 0 Å². The number of pyridine rings is 1. The summed E-state index contributed by atoms with van der Waals surface area (Å²) in [4.78, 5) is 24.8. The van der Waals surface area contributed by atoms with Crippen LogP contribution in [-0.4, -0.2) is 57.4 Å². The first-order valence-electron chi connectivity index (χ1n) is 12.5. The van der Waals surface area contributed by atoms with Crippen molar-refractivity contribution in [3.8, 4) is 11.4 Å². The van der Waals surface area contributed by atoms with Gasteiger partial charge in [-0.1, -0.05) is 30.5 Å². The first kappa shape index (κ1) is 27.1. The quantitative estimate of drug-likeness (QED) is 0.432. The summed E-state index contributed by atoms with van der Waals surface area (Å²) >= 11 is 6.16. The number of rotatable bonds is 6. The van der Waals surface area contributed by atoms with E-state index >= 15 is 0 Å². The highest BCUT2D eigenvalue weighted by Crippen LogP contribution is 2.36. The molecule has 3 aromatic rings. The number of anilines is 1. The largest absolute Gasteiger partial charge is 0.453 e. The number of fused-ring (bicyclic) bond motifs is 1. The lowest BCUT2D eigenvalue weighted by molar-refractivity contribution is 0.161. The molecule has 3 aromatic heterocycles. The summed E-state index contributed by atoms with van der Waals surface area (Å²) in [5.41, 5.74) is 0.576. The van der Waals surface area contributed by atoms with Crippen molar-refractivity contribution >= 4 is 44.6 Å². The topological polar surface area (TPSA) is 128 Å². The second-order valence-corrected chi connectivity index (χ2v) is 12.5. The molecule has 0 saturated heterocycles. The van der Waals surface area contributed by atoms with E-state index < -0.39 is 26.7 Å². The highest BCUT2D eigenvalue weighted by Gasteiger charge is 2.40. The lowest BCUT2D eigenvalue weighted by Gasteiger charge is -2.32. The molecule has 3 heterocycles. The zero-order valence-corrected chi connectivity index (χ0v) is 23.0. The van der Waals surface area contributed by atoms with E-state index in [1.54, 1.807) is 31.2 Å². The van der Waals surface area contributed by atoms with Gasteiger partial charge < -0.3 is 15.4 Å². The van der Waals surface area contributed by atoms with Crippen molar-refractivity contribution in [3.63, 3.8) is 0 Å². The van der Waals surface area contributed by atoms with E-state index in [0.29, 0.717) is 28.8 Å². The normalized spacial score (nSPS) is 23.3. The highest BCUT2D eigenvalue weighted by atomic mass is 35.5. The number of alkyl carbamates (subject to hydrolysis) is 1. The van der Waals surface area contributed by atoms with Crippen LogP contribution in [0, 0.1) is 5.82 Å². The van der Waals surface area contributed by atoms with Gasteiger partial charge in [0.05, 0.1) is 19.3 Å². The van der Waals surface area contributed by atoms with Crippen LogP contribution in [0.25, 0.3) is 22.4 Å². The summed E-state index contributed by atoms with van der Waals surface area (Å²) in [6, 6.07) is 2.84. The maximum absolute atomic E-state index is 14.9. The molecule has 13 heteroatoms. The second-order valence-electron chi connectivity index (χ2n) is 9.83. The minimum atomic E-state index is -4.03. The van der Waals surface area contributed by atoms with Crippen molar-refractivity contribution in [2.24, 2.45) is 0 Å². The molecule has 2 N–H and O–H groups in total. The summed E-state index contributed by atoms with van der Waals surface area (Å²) in [6.07, 6.45) is 11.7. The number of nitrogens with zero attached hydrogens (tertiary/aromatic N) is 4. The van der Waals surface area contributed by atoms with Crippen LogP contribution < -0.4 is 10.6 Å². The number of amides is 1. The Morgan fingerprint density at radius 2 is 2.03 bits per heavy atom. The predicted octanol–water partition coefficient (Wildman–Crippen LogP) is 4.73. The van der Waals surface area contributed by atoms with E-state index in [4.69, 9.17) is 16.3 Å². The maximum atomic E-state index is 14.9. The number of ether oxygens (including phenoxy) is 1. The molecule has 0 bridgehead atoms. The Balaban J connectivity index is 1.54. The van der Waals surface area contributed by atoms with Crippen LogP contribution in [0.1, 0.15) is 39.0 Å². The van der Waals surface area contributed by atoms with E-state index in [1.165, 1.54) is 25.6 Å². The van der Waals surface area contributed by atoms with Crippen LogP contribution in [0.3, 0.4) is 0 Å². The number of carbonyl (C=O) groups is 1. The molecule has 2 aliphatic carbocycles. The SMILES string of the molecule is COC(=O)N[C@H]1CCCC[C@@H]1Nc1nc(-c2cn(S(=O)(=O)C3(C)C=C(Cl)C=CC3)c3ncccc23)ncc1F. The smallest absolute Gasteiger partial charge is 0.407 e. The van der Waals surface area contributed by atoms with Gasteiger partial charge >= 0.3 is 6.09 Å². The summed E-state index contributed by atoms with van der Waals surface area (Å²) in [6.45, 7) is 1.60. The van der Waals surface area contributed by atoms with Crippen molar-refractivity contribution in [1.82, 2.24) is 24.2 Å². The molecule has 0 spiro atoms. The van der Waals surface area contributed by atoms with Gasteiger partial charge in [0.1, 0.15) is 4.75 Å². The van der Waals surface area contributed by atoms with E-state index in [-0.39, 0.29) is 35.8 Å². The van der Waals surface area contributed by atoms with Crippen molar-refractivity contribution in [1.29, 1.82) is 0 Å². The average Bonchev–Trinajstić information content (AvgIpc) is 3.31. The molecule has 1 saturated carbocycles. The number of hydrogen-bond donors (Lipinski definition) is 2. The lowest BCUT2D eigenvalue weighted by atomic mass is 9.90. The molecular weight excluding hydrogens is 547 g/mol. The Hall–Kier alpha value is -3.51. The minimum Gasteiger partial charge on any atom is -0.453 e. The number of carbonyl (C=O) groups excluding carboxylic acids is 1. The minimum absolute atomic E-state index is 0.0460. The molecule has 0 aromatic carbocycles. The Labute approximate surface area is 230 Å². The Morgan fingerprint density at radius 3 is 2.77 bits per heavy atom. The van der Waals surface area contributed by atoms with Gasteiger partial charge in [-0.3, -0.25) is 0 Å². The van der Waals surface area contributed by atoms with Gasteiger partial charge in [0.15, 0.2) is 23.1 Å². The number of halogens is 2. The van der Waals surface area contributed by atoms with Crippen molar-refractivity contribution in [3.05, 3.63) is 59.8 Å². The van der Waals surface area contributed by atoms with Gasteiger partial charge in [0.2, 0.25) is 10.0 Å². The molecule has 39 heavy (non-hydrogen) atoms. The molecule has 0 radical (unpaired) electrons. The first-order valence-corrected chi connectivity index (χ1v) is 14.3. The Bertz CT molecular complexity index is 1590. The van der Waals surface area contributed by atoms with Crippen LogP contribution in [0.4, 0.5) is 15.0 Å². The van der Waals surface area contributed by atoms with Gasteiger partial charge in [-0.15, -0.1) is 0 Å². The third-order valence-electron chi connectivity index (χ3n) is 7.19. The number of aromatic nitrogens is 4. The highest BCUT2D eigenvalue weighted by molar-refractivity contribution is 7.91. The summed E-state index contributed by atoms with van der Waals surface area (Å²) in [5, 5.41) is 6.74. The zero-order valence-electron chi connectivity index (χ0n) is 21.4. The molecule has 3 atom stereocenters. The Kier molecular flexibility index (Phi) is 7.34. The maximum Gasteiger partial charge on any atom is 0.407 e. The molecule has 1 unspecified atom stereocenters. The molecular formula is C26H28ClFN6O4S. The van der Waals surface area contributed by atoms with Crippen LogP contribution in [0.15, 0.2) is 54.0 Å². The van der Waals surface area contributed by atoms with Crippen molar-refractivity contribution < 1.29 is 22.3 Å². The molecule has 1 fully saturated rings. The van der Waals surface area contributed by atoms with Crippen LogP contribution >= 0.6 is 11.6 Å². The van der Waals surface area contributed by atoms with Crippen LogP contribution in [-0.2, 0) is 14.8 Å². The number of methoxy groups -OCH3 is 1. The van der Waals surface area contributed by atoms with E-state index in [2.05, 4.69) is 25.6 Å². The fourth-order valence-corrected chi connectivity index (χ4v) is 7.11. The van der Waals surface area contributed by atoms with Gasteiger partial charge in [-0.05, 0) is 50.5 Å². The van der Waals surface area contributed by atoms with Crippen molar-refractivity contribution in [2.45, 2.75) is 55.9 Å². The zero-order chi connectivity index (χ0) is 27.8. The number of allylic oxidation sites excluding steroid dienone is 3. The standard InChI is InChI=1S/C26H28ClFN6O4S/c1-26(11-5-7-16(27)13-26)39(36,37)34-15-18(17-8-6-12-29-24(17)34)22-30-14-19(28)23(33-22)31-20-9-3-4-10-21(20)32-25(35)38-2/h5-8,12-15,20-21H,3-4,9-11H2,1-2H3,(H,32,35)(H,30,31,33)/t20-,21-,26?/m0/s1. The van der Waals surface area contributed by atoms with E-state index in [9.17, 15) is 17.6 Å². The van der Waals surface area contributed by atoms with E-state index in [0.717, 1.165) is 23.0 Å². The molecule has 10 nitrogen and oxygen atoms in total. The summed E-state index contributed by atoms with van der Waals surface area (Å²) in [7, 11) is -2.74. The van der Waals surface area contributed by atoms with Gasteiger partial charge in [0.25, 0.3) is 0 Å². The summed E-state index contributed by atoms with van der Waals surface area (Å²) in [5.74, 6) is -0.589. The first-order chi connectivity index (χ1) is 18.6.